The average molecular weight is 1650 g/mol. The molecule has 15 heteroatoms. The highest BCUT2D eigenvalue weighted by Gasteiger charge is 2.59. The van der Waals surface area contributed by atoms with Crippen LogP contribution in [0, 0.1) is 79.6 Å². The van der Waals surface area contributed by atoms with Gasteiger partial charge in [0.05, 0.1) is 29.6 Å². The molecule has 4 aliphatic rings. The predicted molar refractivity (Wildman–Crippen MR) is 339 cm³/mol. The van der Waals surface area contributed by atoms with Crippen molar-refractivity contribution in [3.05, 3.63) is 56.3 Å². The number of hydrogen-bond acceptors (Lipinski definition) is 9. The van der Waals surface area contributed by atoms with E-state index in [9.17, 15) is 14.4 Å². The van der Waals surface area contributed by atoms with Gasteiger partial charge in [-0.1, -0.05) is 79.4 Å². The lowest BCUT2D eigenvalue weighted by molar-refractivity contribution is -0.153. The molecule has 2 aromatic carbocycles. The van der Waals surface area contributed by atoms with E-state index in [1.165, 1.54) is 56.9 Å². The second kappa shape index (κ2) is 27.4. The largest absolute Gasteiger partial charge is 0.464 e. The number of carbonyl (C=O) groups excluding carboxylic acids is 3. The molecular formula is C56H79I6N3O6. The zero-order valence-corrected chi connectivity index (χ0v) is 56.0. The summed E-state index contributed by atoms with van der Waals surface area (Å²) in [4.78, 5) is 43.0. The molecule has 0 aliphatic heterocycles. The van der Waals surface area contributed by atoms with E-state index in [1.54, 1.807) is 0 Å². The molecule has 0 heterocycles. The first-order chi connectivity index (χ1) is 33.6. The highest BCUT2D eigenvalue weighted by Crippen LogP contribution is 2.67. The Balaban J connectivity index is 1.05. The second-order valence-electron chi connectivity index (χ2n) is 22.3. The molecule has 5 unspecified atom stereocenters. The van der Waals surface area contributed by atoms with Gasteiger partial charge in [-0.25, -0.2) is 0 Å². The van der Waals surface area contributed by atoms with Crippen LogP contribution in [0.15, 0.2) is 23.8 Å². The SMILES string of the molecule is CCC(Cc1c(I)cc(I)c(N)c1I)C(=O)OCCN(CCOC(=O)C(CC)Cc1c(I)cc(I)c(N)c1I)CCC(=O)O[C@H]1CC[C@@]2(C)C(=CCC3C2CC[C@@]2(C)C3CC[C@@H]2[C@H](C)CCCC(C)C)C1. The molecule has 0 amide bonds. The smallest absolute Gasteiger partial charge is 0.309 e. The molecule has 4 N–H and O–H groups in total. The minimum atomic E-state index is -0.324. The highest BCUT2D eigenvalue weighted by molar-refractivity contribution is 14.1. The quantitative estimate of drug-likeness (QED) is 0.0367. The molecule has 396 valence electrons. The molecule has 2 aromatic rings. The number of nitrogens with zero attached hydrogens (tertiary/aromatic N) is 1. The summed E-state index contributed by atoms with van der Waals surface area (Å²) in [5.41, 5.74) is 18.5. The topological polar surface area (TPSA) is 134 Å². The summed E-state index contributed by atoms with van der Waals surface area (Å²) in [6.45, 7) is 18.0. The number of rotatable bonds is 23. The van der Waals surface area contributed by atoms with Gasteiger partial charge in [0.2, 0.25) is 0 Å². The Morgan fingerprint density at radius 2 is 1.30 bits per heavy atom. The standard InChI is InChI=1S/C56H79I6N3O6/c1-8-34(27-39-44(57)30-46(59)51(63)49(39)61)53(67)69-25-23-65(24-26-70-54(68)35(9-2)28-40-45(58)31-47(60)52(64)50(40)62)22-19-48(66)71-37-17-20-55(6)36(29-37)13-14-38-42-16-15-41(33(5)12-10-11-32(3)4)56(42,7)21-18-43(38)55/h13,30-35,37-38,41-43H,8-12,14-29,63-64H2,1-7H3/t33-,34?,35?,37+,38?,41-,42?,43?,55+,56-/m1/s1. The van der Waals surface area contributed by atoms with Crippen LogP contribution in [0.3, 0.4) is 0 Å². The predicted octanol–water partition coefficient (Wildman–Crippen LogP) is 15.0. The first kappa shape index (κ1) is 60.8. The van der Waals surface area contributed by atoms with Crippen LogP contribution in [-0.2, 0) is 41.4 Å². The maximum absolute atomic E-state index is 13.7. The summed E-state index contributed by atoms with van der Waals surface area (Å²) in [6.07, 6.45) is 18.5. The number of esters is 3. The van der Waals surface area contributed by atoms with Crippen molar-refractivity contribution >= 4 is 165 Å². The van der Waals surface area contributed by atoms with Crippen LogP contribution in [0.5, 0.6) is 0 Å². The molecule has 0 spiro atoms. The highest BCUT2D eigenvalue weighted by atomic mass is 127. The van der Waals surface area contributed by atoms with E-state index in [4.69, 9.17) is 25.7 Å². The molecule has 0 saturated heterocycles. The number of nitrogens with two attached hydrogens (primary N) is 2. The summed E-state index contributed by atoms with van der Waals surface area (Å²) in [7, 11) is 0. The van der Waals surface area contributed by atoms with Crippen molar-refractivity contribution in [1.29, 1.82) is 0 Å². The molecule has 3 saturated carbocycles. The number of benzene rings is 2. The summed E-state index contributed by atoms with van der Waals surface area (Å²) >= 11 is 13.7. The van der Waals surface area contributed by atoms with E-state index >= 15 is 0 Å². The fourth-order valence-electron chi connectivity index (χ4n) is 13.3. The number of halogens is 6. The second-order valence-corrected chi connectivity index (χ2v) is 29.1. The van der Waals surface area contributed by atoms with Gasteiger partial charge in [0.15, 0.2) is 0 Å². The number of fused-ring (bicyclic) bond motifs is 5. The fraction of sp³-hybridized carbons (Fsp3) is 0.696. The maximum Gasteiger partial charge on any atom is 0.309 e. The number of ether oxygens (including phenoxy) is 3. The van der Waals surface area contributed by atoms with Crippen molar-refractivity contribution in [2.75, 3.05) is 44.3 Å². The molecule has 4 aliphatic carbocycles. The van der Waals surface area contributed by atoms with Crippen molar-refractivity contribution in [2.45, 2.75) is 157 Å². The van der Waals surface area contributed by atoms with E-state index < -0.39 is 0 Å². The zero-order chi connectivity index (χ0) is 51.9. The van der Waals surface area contributed by atoms with Crippen LogP contribution in [0.2, 0.25) is 0 Å². The van der Waals surface area contributed by atoms with Crippen molar-refractivity contribution in [3.8, 4) is 0 Å². The summed E-state index contributed by atoms with van der Waals surface area (Å²) < 4.78 is 24.3. The van der Waals surface area contributed by atoms with Gasteiger partial charge in [0, 0.05) is 47.5 Å². The number of allylic oxidation sites excluding steroid dienone is 1. The van der Waals surface area contributed by atoms with Crippen LogP contribution < -0.4 is 11.5 Å². The Kier molecular flexibility index (Phi) is 23.5. The fourth-order valence-corrected chi connectivity index (χ4v) is 20.9. The number of hydrogen-bond donors (Lipinski definition) is 2. The van der Waals surface area contributed by atoms with Gasteiger partial charge in [-0.3, -0.25) is 19.3 Å². The van der Waals surface area contributed by atoms with E-state index in [0.29, 0.717) is 56.7 Å². The lowest BCUT2D eigenvalue weighted by Crippen LogP contribution is -2.51. The number of anilines is 2. The minimum absolute atomic E-state index is 0.119. The molecule has 6 rings (SSSR count). The summed E-state index contributed by atoms with van der Waals surface area (Å²) in [5, 5.41) is 0. The monoisotopic (exact) mass is 1650 g/mol. The third-order valence-electron chi connectivity index (χ3n) is 17.6. The Hall–Kier alpha value is 0.530. The van der Waals surface area contributed by atoms with E-state index in [-0.39, 0.29) is 60.9 Å². The molecule has 71 heavy (non-hydrogen) atoms. The van der Waals surface area contributed by atoms with Crippen LogP contribution in [0.4, 0.5) is 11.4 Å². The first-order valence-corrected chi connectivity index (χ1v) is 32.9. The van der Waals surface area contributed by atoms with Gasteiger partial charge in [-0.2, -0.15) is 0 Å². The third-order valence-corrected chi connectivity index (χ3v) is 23.8. The van der Waals surface area contributed by atoms with Gasteiger partial charge < -0.3 is 25.7 Å². The van der Waals surface area contributed by atoms with Crippen molar-refractivity contribution in [1.82, 2.24) is 4.90 Å². The molecule has 3 fully saturated rings. The van der Waals surface area contributed by atoms with E-state index in [0.717, 1.165) is 92.8 Å². The van der Waals surface area contributed by atoms with E-state index in [1.807, 2.05) is 13.8 Å². The lowest BCUT2D eigenvalue weighted by atomic mass is 9.47. The van der Waals surface area contributed by atoms with Gasteiger partial charge >= 0.3 is 17.9 Å². The van der Waals surface area contributed by atoms with Crippen LogP contribution in [0.25, 0.3) is 0 Å². The molecule has 9 nitrogen and oxygen atoms in total. The van der Waals surface area contributed by atoms with Gasteiger partial charge in [0.25, 0.3) is 0 Å². The van der Waals surface area contributed by atoms with Crippen LogP contribution in [-0.4, -0.2) is 61.8 Å². The Labute approximate surface area is 508 Å². The van der Waals surface area contributed by atoms with Crippen molar-refractivity contribution in [3.63, 3.8) is 0 Å². The normalized spacial score (nSPS) is 26.2. The number of carbonyl (C=O) groups is 3. The van der Waals surface area contributed by atoms with Crippen molar-refractivity contribution in [2.24, 2.45) is 58.2 Å². The summed E-state index contributed by atoms with van der Waals surface area (Å²) in [6, 6.07) is 4.12. The van der Waals surface area contributed by atoms with Gasteiger partial charge in [0.1, 0.15) is 19.3 Å². The third kappa shape index (κ3) is 14.8. The Morgan fingerprint density at radius 1 is 0.732 bits per heavy atom. The molecule has 0 radical (unpaired) electrons. The van der Waals surface area contributed by atoms with Gasteiger partial charge in [-0.15, -0.1) is 0 Å². The molecule has 0 aromatic heterocycles. The zero-order valence-electron chi connectivity index (χ0n) is 43.1. The van der Waals surface area contributed by atoms with E-state index in [2.05, 4.69) is 193 Å². The Bertz CT molecular complexity index is 2150. The van der Waals surface area contributed by atoms with Crippen LogP contribution >= 0.6 is 136 Å². The summed E-state index contributed by atoms with van der Waals surface area (Å²) in [5.74, 6) is 3.38. The first-order valence-electron chi connectivity index (χ1n) is 26.4. The maximum atomic E-state index is 13.7. The Morgan fingerprint density at radius 3 is 1.83 bits per heavy atom. The van der Waals surface area contributed by atoms with Gasteiger partial charge in [-0.05, 0) is 276 Å². The number of nitrogen functional groups attached to an aromatic ring is 2. The molecular weight excluding hydrogens is 1570 g/mol. The molecule has 0 bridgehead atoms. The molecule has 10 atom stereocenters. The minimum Gasteiger partial charge on any atom is -0.464 e. The van der Waals surface area contributed by atoms with Crippen LogP contribution in [0.1, 0.15) is 149 Å². The lowest BCUT2D eigenvalue weighted by Gasteiger charge is -2.58. The van der Waals surface area contributed by atoms with Crippen molar-refractivity contribution < 1.29 is 28.6 Å². The average Bonchev–Trinajstić information content (AvgIpc) is 3.69.